The minimum absolute atomic E-state index is 0.0282. The van der Waals surface area contributed by atoms with Gasteiger partial charge in [0.1, 0.15) is 17.3 Å². The SMILES string of the molecule is CC(=O)NCCCOc1ccc(-c2ncc(C(F)(F)F)[nH]2)cc1NC(=O)C#Cc1cn[nH]c1. The van der Waals surface area contributed by atoms with Crippen LogP contribution in [0.25, 0.3) is 11.4 Å². The van der Waals surface area contributed by atoms with Crippen molar-refractivity contribution in [2.45, 2.75) is 19.5 Å². The normalized spacial score (nSPS) is 10.8. The summed E-state index contributed by atoms with van der Waals surface area (Å²) in [6.45, 7) is 2.02. The topological polar surface area (TPSA) is 125 Å². The first-order valence-corrected chi connectivity index (χ1v) is 9.68. The molecule has 172 valence electrons. The van der Waals surface area contributed by atoms with Gasteiger partial charge in [0.25, 0.3) is 0 Å². The van der Waals surface area contributed by atoms with Gasteiger partial charge in [0.15, 0.2) is 0 Å². The highest BCUT2D eigenvalue weighted by Crippen LogP contribution is 2.32. The third-order valence-corrected chi connectivity index (χ3v) is 4.15. The van der Waals surface area contributed by atoms with Crippen molar-refractivity contribution >= 4 is 17.5 Å². The molecule has 0 aliphatic rings. The number of anilines is 1. The van der Waals surface area contributed by atoms with Gasteiger partial charge in [0, 0.05) is 31.1 Å². The summed E-state index contributed by atoms with van der Waals surface area (Å²) >= 11 is 0. The first-order valence-electron chi connectivity index (χ1n) is 9.68. The number of aromatic nitrogens is 4. The fraction of sp³-hybridized carbons (Fsp3) is 0.238. The van der Waals surface area contributed by atoms with Crippen LogP contribution < -0.4 is 15.4 Å². The predicted octanol–water partition coefficient (Wildman–Crippen LogP) is 2.71. The second-order valence-corrected chi connectivity index (χ2v) is 6.73. The van der Waals surface area contributed by atoms with Gasteiger partial charge >= 0.3 is 12.1 Å². The molecule has 1 aromatic carbocycles. The molecule has 2 amide bonds. The lowest BCUT2D eigenvalue weighted by Gasteiger charge is -2.13. The predicted molar refractivity (Wildman–Crippen MR) is 112 cm³/mol. The Hall–Kier alpha value is -4.27. The average molecular weight is 460 g/mol. The van der Waals surface area contributed by atoms with E-state index >= 15 is 0 Å². The van der Waals surface area contributed by atoms with E-state index in [0.717, 1.165) is 0 Å². The van der Waals surface area contributed by atoms with Gasteiger partial charge in [-0.05, 0) is 24.6 Å². The van der Waals surface area contributed by atoms with Gasteiger partial charge < -0.3 is 20.4 Å². The number of halogens is 3. The number of benzene rings is 1. The molecule has 2 aromatic heterocycles. The number of imidazole rings is 1. The Bertz CT molecular complexity index is 1180. The molecule has 0 atom stereocenters. The molecule has 0 aliphatic carbocycles. The number of nitrogens with zero attached hydrogens (tertiary/aromatic N) is 2. The van der Waals surface area contributed by atoms with Gasteiger partial charge in [-0.25, -0.2) is 4.98 Å². The Labute approximate surface area is 186 Å². The van der Waals surface area contributed by atoms with E-state index in [2.05, 4.69) is 42.6 Å². The number of hydrogen-bond acceptors (Lipinski definition) is 5. The summed E-state index contributed by atoms with van der Waals surface area (Å²) in [5, 5.41) is 11.5. The molecule has 3 aromatic rings. The summed E-state index contributed by atoms with van der Waals surface area (Å²) in [6.07, 6.45) is -0.417. The van der Waals surface area contributed by atoms with Crippen molar-refractivity contribution in [3.8, 4) is 29.0 Å². The average Bonchev–Trinajstić information content (AvgIpc) is 3.44. The van der Waals surface area contributed by atoms with Crippen LogP contribution in [0.5, 0.6) is 5.75 Å². The summed E-state index contributed by atoms with van der Waals surface area (Å²) in [5.74, 6) is 4.44. The number of H-pyrrole nitrogens is 2. The molecule has 0 saturated heterocycles. The zero-order valence-corrected chi connectivity index (χ0v) is 17.3. The summed E-state index contributed by atoms with van der Waals surface area (Å²) in [4.78, 5) is 29.2. The van der Waals surface area contributed by atoms with Gasteiger partial charge in [-0.15, -0.1) is 0 Å². The number of nitrogens with one attached hydrogen (secondary N) is 4. The van der Waals surface area contributed by atoms with Gasteiger partial charge in [0.05, 0.1) is 30.3 Å². The van der Waals surface area contributed by atoms with Crippen LogP contribution in [-0.4, -0.2) is 45.1 Å². The van der Waals surface area contributed by atoms with Crippen LogP contribution in [0.3, 0.4) is 0 Å². The molecule has 0 radical (unpaired) electrons. The maximum atomic E-state index is 12.9. The van der Waals surface area contributed by atoms with Crippen LogP contribution in [0.2, 0.25) is 0 Å². The van der Waals surface area contributed by atoms with Crippen molar-refractivity contribution in [1.82, 2.24) is 25.5 Å². The van der Waals surface area contributed by atoms with Gasteiger partial charge in [0.2, 0.25) is 5.91 Å². The van der Waals surface area contributed by atoms with Crippen molar-refractivity contribution in [3.63, 3.8) is 0 Å². The molecule has 33 heavy (non-hydrogen) atoms. The van der Waals surface area contributed by atoms with Crippen molar-refractivity contribution in [1.29, 1.82) is 0 Å². The smallest absolute Gasteiger partial charge is 0.432 e. The number of aromatic amines is 2. The Balaban J connectivity index is 1.80. The number of rotatable bonds is 7. The molecular formula is C21H19F3N6O3. The van der Waals surface area contributed by atoms with Gasteiger partial charge in [-0.2, -0.15) is 18.3 Å². The minimum atomic E-state index is -4.57. The molecule has 0 spiro atoms. The lowest BCUT2D eigenvalue weighted by atomic mass is 10.1. The molecule has 0 bridgehead atoms. The van der Waals surface area contributed by atoms with E-state index in [0.29, 0.717) is 30.3 Å². The second kappa shape index (κ2) is 10.4. The van der Waals surface area contributed by atoms with E-state index < -0.39 is 17.8 Å². The molecule has 9 nitrogen and oxygen atoms in total. The second-order valence-electron chi connectivity index (χ2n) is 6.73. The zero-order chi connectivity index (χ0) is 23.8. The highest BCUT2D eigenvalue weighted by atomic mass is 19.4. The van der Waals surface area contributed by atoms with Crippen molar-refractivity contribution in [2.75, 3.05) is 18.5 Å². The van der Waals surface area contributed by atoms with E-state index in [4.69, 9.17) is 4.74 Å². The Kier molecular flexibility index (Phi) is 7.34. The molecule has 2 heterocycles. The standard InChI is InChI=1S/C21H19F3N6O3/c1-13(31)25-7-2-8-33-17-5-4-15(20-26-12-18(30-20)21(22,23)24)9-16(17)29-19(32)6-3-14-10-27-28-11-14/h4-5,9-12H,2,7-8H2,1H3,(H,25,31)(H,26,30)(H,27,28)(H,29,32). The number of alkyl halides is 3. The molecular weight excluding hydrogens is 441 g/mol. The lowest BCUT2D eigenvalue weighted by Crippen LogP contribution is -2.22. The third-order valence-electron chi connectivity index (χ3n) is 4.15. The van der Waals surface area contributed by atoms with E-state index in [1.165, 1.54) is 37.5 Å². The Morgan fingerprint density at radius 1 is 1.24 bits per heavy atom. The van der Waals surface area contributed by atoms with Crippen LogP contribution in [0.4, 0.5) is 18.9 Å². The zero-order valence-electron chi connectivity index (χ0n) is 17.3. The summed E-state index contributed by atoms with van der Waals surface area (Å²) < 4.78 is 44.3. The molecule has 0 unspecified atom stereocenters. The highest BCUT2D eigenvalue weighted by molar-refractivity contribution is 6.05. The lowest BCUT2D eigenvalue weighted by molar-refractivity contribution is -0.140. The van der Waals surface area contributed by atoms with E-state index in [1.807, 2.05) is 0 Å². The summed E-state index contributed by atoms with van der Waals surface area (Å²) in [7, 11) is 0. The number of carbonyl (C=O) groups is 2. The van der Waals surface area contributed by atoms with Crippen LogP contribution in [-0.2, 0) is 15.8 Å². The Morgan fingerprint density at radius 3 is 2.73 bits per heavy atom. The first kappa shape index (κ1) is 23.4. The molecule has 12 heteroatoms. The fourth-order valence-electron chi connectivity index (χ4n) is 2.63. The van der Waals surface area contributed by atoms with Crippen LogP contribution in [0.15, 0.2) is 36.8 Å². The number of amides is 2. The summed E-state index contributed by atoms with van der Waals surface area (Å²) in [6, 6.07) is 4.44. The molecule has 0 aliphatic heterocycles. The number of hydrogen-bond donors (Lipinski definition) is 4. The van der Waals surface area contributed by atoms with Crippen molar-refractivity contribution in [3.05, 3.63) is 48.0 Å². The van der Waals surface area contributed by atoms with Crippen molar-refractivity contribution in [2.24, 2.45) is 0 Å². The maximum absolute atomic E-state index is 12.9. The number of ether oxygens (including phenoxy) is 1. The molecule has 0 fully saturated rings. The van der Waals surface area contributed by atoms with E-state index in [-0.39, 0.29) is 29.8 Å². The molecule has 0 saturated carbocycles. The van der Waals surface area contributed by atoms with Crippen LogP contribution in [0, 0.1) is 11.8 Å². The van der Waals surface area contributed by atoms with E-state index in [9.17, 15) is 22.8 Å². The highest BCUT2D eigenvalue weighted by Gasteiger charge is 2.33. The number of carbonyl (C=O) groups excluding carboxylic acids is 2. The first-order chi connectivity index (χ1) is 15.7. The van der Waals surface area contributed by atoms with Crippen LogP contribution in [0.1, 0.15) is 24.6 Å². The summed E-state index contributed by atoms with van der Waals surface area (Å²) in [5.41, 5.74) is 0.00800. The van der Waals surface area contributed by atoms with Gasteiger partial charge in [-0.3, -0.25) is 14.7 Å². The van der Waals surface area contributed by atoms with Crippen LogP contribution >= 0.6 is 0 Å². The molecule has 3 rings (SSSR count). The monoisotopic (exact) mass is 460 g/mol. The van der Waals surface area contributed by atoms with Crippen molar-refractivity contribution < 1.29 is 27.5 Å². The van der Waals surface area contributed by atoms with Gasteiger partial charge in [-0.1, -0.05) is 5.92 Å². The largest absolute Gasteiger partial charge is 0.491 e. The third kappa shape index (κ3) is 6.86. The quantitative estimate of drug-likeness (QED) is 0.319. The molecule has 4 N–H and O–H groups in total. The maximum Gasteiger partial charge on any atom is 0.432 e. The Morgan fingerprint density at radius 2 is 2.06 bits per heavy atom. The minimum Gasteiger partial charge on any atom is -0.491 e. The fourth-order valence-corrected chi connectivity index (χ4v) is 2.63. The van der Waals surface area contributed by atoms with E-state index in [1.54, 1.807) is 0 Å².